The summed E-state index contributed by atoms with van der Waals surface area (Å²) in [5, 5.41) is 2.90. The second-order valence-corrected chi connectivity index (χ2v) is 6.29. The molecule has 4 nitrogen and oxygen atoms in total. The van der Waals surface area contributed by atoms with Crippen LogP contribution in [0.4, 0.5) is 11.4 Å². The number of rotatable bonds is 6. The van der Waals surface area contributed by atoms with Gasteiger partial charge in [0, 0.05) is 31.3 Å². The third-order valence-electron chi connectivity index (χ3n) is 4.39. The van der Waals surface area contributed by atoms with Crippen LogP contribution in [0.25, 0.3) is 0 Å². The average Bonchev–Trinajstić information content (AvgIpc) is 2.58. The monoisotopic (exact) mass is 338 g/mol. The summed E-state index contributed by atoms with van der Waals surface area (Å²) in [5.74, 6) is -0.164. The van der Waals surface area contributed by atoms with Crippen LogP contribution >= 0.6 is 0 Å². The zero-order valence-corrected chi connectivity index (χ0v) is 15.4. The van der Waals surface area contributed by atoms with E-state index in [1.807, 2.05) is 56.3 Å². The van der Waals surface area contributed by atoms with Gasteiger partial charge in [0.2, 0.25) is 11.8 Å². The fourth-order valence-electron chi connectivity index (χ4n) is 2.64. The van der Waals surface area contributed by atoms with Crippen LogP contribution in [0.5, 0.6) is 0 Å². The lowest BCUT2D eigenvalue weighted by atomic mass is 10.1. The Kier molecular flexibility index (Phi) is 6.34. The molecule has 2 aromatic rings. The minimum atomic E-state index is -0.0975. The van der Waals surface area contributed by atoms with Gasteiger partial charge in [-0.2, -0.15) is 0 Å². The number of hydrogen-bond acceptors (Lipinski definition) is 2. The summed E-state index contributed by atoms with van der Waals surface area (Å²) in [7, 11) is 0. The highest BCUT2D eigenvalue weighted by Crippen LogP contribution is 2.17. The van der Waals surface area contributed by atoms with Crippen LogP contribution < -0.4 is 10.2 Å². The van der Waals surface area contributed by atoms with Crippen molar-refractivity contribution in [3.63, 3.8) is 0 Å². The van der Waals surface area contributed by atoms with Gasteiger partial charge in [-0.05, 0) is 61.2 Å². The van der Waals surface area contributed by atoms with Crippen molar-refractivity contribution in [3.05, 3.63) is 59.2 Å². The zero-order chi connectivity index (χ0) is 18.4. The van der Waals surface area contributed by atoms with Crippen molar-refractivity contribution in [3.8, 4) is 0 Å². The van der Waals surface area contributed by atoms with Crippen molar-refractivity contribution in [2.24, 2.45) is 0 Å². The quantitative estimate of drug-likeness (QED) is 0.856. The number of aryl methyl sites for hydroxylation is 3. The smallest absolute Gasteiger partial charge is 0.226 e. The molecule has 2 rings (SSSR count). The molecule has 0 bridgehead atoms. The normalized spacial score (nSPS) is 10.4. The summed E-state index contributed by atoms with van der Waals surface area (Å²) in [5.41, 5.74) is 5.16. The third-order valence-corrected chi connectivity index (χ3v) is 4.39. The number of nitrogens with zero attached hydrogens (tertiary/aromatic N) is 1. The van der Waals surface area contributed by atoms with Gasteiger partial charge in [0.15, 0.2) is 0 Å². The van der Waals surface area contributed by atoms with Crippen LogP contribution in [-0.2, 0) is 16.0 Å². The number of nitrogens with one attached hydrogen (secondary N) is 1. The number of carbonyl (C=O) groups is 2. The van der Waals surface area contributed by atoms with E-state index in [2.05, 4.69) is 12.2 Å². The van der Waals surface area contributed by atoms with Crippen LogP contribution in [0.15, 0.2) is 42.5 Å². The van der Waals surface area contributed by atoms with Crippen molar-refractivity contribution in [2.45, 2.75) is 40.5 Å². The van der Waals surface area contributed by atoms with Gasteiger partial charge in [-0.1, -0.05) is 25.1 Å². The van der Waals surface area contributed by atoms with Crippen molar-refractivity contribution in [1.29, 1.82) is 0 Å². The van der Waals surface area contributed by atoms with Gasteiger partial charge in [0.1, 0.15) is 0 Å². The number of carbonyl (C=O) groups excluding carboxylic acids is 2. The first kappa shape index (κ1) is 18.7. The highest BCUT2D eigenvalue weighted by molar-refractivity contribution is 5.94. The standard InChI is InChI=1S/C21H26N2O2/c1-5-18-7-10-20(11-8-18)23(17(4)24)13-12-21(25)22-19-9-6-15(2)16(3)14-19/h6-11,14H,5,12-13H2,1-4H3,(H,22,25). The summed E-state index contributed by atoms with van der Waals surface area (Å²) in [4.78, 5) is 25.8. The lowest BCUT2D eigenvalue weighted by molar-refractivity contribution is -0.117. The van der Waals surface area contributed by atoms with E-state index in [0.29, 0.717) is 6.54 Å². The summed E-state index contributed by atoms with van der Waals surface area (Å²) < 4.78 is 0. The molecule has 0 spiro atoms. The number of benzene rings is 2. The second-order valence-electron chi connectivity index (χ2n) is 6.29. The Morgan fingerprint density at radius 3 is 2.24 bits per heavy atom. The van der Waals surface area contributed by atoms with Crippen molar-refractivity contribution in [1.82, 2.24) is 0 Å². The molecule has 0 heterocycles. The lowest BCUT2D eigenvalue weighted by Gasteiger charge is -2.21. The molecular formula is C21H26N2O2. The SMILES string of the molecule is CCc1ccc(N(CCC(=O)Nc2ccc(C)c(C)c2)C(C)=O)cc1. The van der Waals surface area contributed by atoms with Crippen LogP contribution in [-0.4, -0.2) is 18.4 Å². The van der Waals surface area contributed by atoms with E-state index in [-0.39, 0.29) is 18.2 Å². The topological polar surface area (TPSA) is 49.4 Å². The maximum atomic E-state index is 12.2. The number of amides is 2. The Bertz CT molecular complexity index is 751. The first-order valence-corrected chi connectivity index (χ1v) is 8.65. The molecule has 2 aromatic carbocycles. The van der Waals surface area contributed by atoms with Gasteiger partial charge in [0.25, 0.3) is 0 Å². The maximum Gasteiger partial charge on any atom is 0.226 e. The fraction of sp³-hybridized carbons (Fsp3) is 0.333. The largest absolute Gasteiger partial charge is 0.326 e. The average molecular weight is 338 g/mol. The molecule has 0 aliphatic heterocycles. The summed E-state index contributed by atoms with van der Waals surface area (Å²) >= 11 is 0. The zero-order valence-electron chi connectivity index (χ0n) is 15.4. The van der Waals surface area contributed by atoms with Gasteiger partial charge >= 0.3 is 0 Å². The molecule has 0 fully saturated rings. The van der Waals surface area contributed by atoms with Crippen LogP contribution in [0.3, 0.4) is 0 Å². The van der Waals surface area contributed by atoms with E-state index in [1.54, 1.807) is 4.90 Å². The molecule has 132 valence electrons. The highest BCUT2D eigenvalue weighted by Gasteiger charge is 2.13. The Hall–Kier alpha value is -2.62. The van der Waals surface area contributed by atoms with Crippen LogP contribution in [0.2, 0.25) is 0 Å². The van der Waals surface area contributed by atoms with E-state index in [1.165, 1.54) is 18.1 Å². The first-order chi connectivity index (χ1) is 11.9. The lowest BCUT2D eigenvalue weighted by Crippen LogP contribution is -2.31. The van der Waals surface area contributed by atoms with Crippen molar-refractivity contribution in [2.75, 3.05) is 16.8 Å². The molecule has 4 heteroatoms. The molecule has 0 saturated carbocycles. The fourth-order valence-corrected chi connectivity index (χ4v) is 2.64. The Morgan fingerprint density at radius 1 is 1.00 bits per heavy atom. The molecule has 0 atom stereocenters. The van der Waals surface area contributed by atoms with E-state index < -0.39 is 0 Å². The minimum Gasteiger partial charge on any atom is -0.326 e. The minimum absolute atomic E-state index is 0.0665. The Balaban J connectivity index is 1.98. The highest BCUT2D eigenvalue weighted by atomic mass is 16.2. The molecule has 0 saturated heterocycles. The van der Waals surface area contributed by atoms with E-state index in [0.717, 1.165) is 23.4 Å². The predicted octanol–water partition coefficient (Wildman–Crippen LogP) is 4.25. The molecule has 25 heavy (non-hydrogen) atoms. The molecule has 2 amide bonds. The van der Waals surface area contributed by atoms with Gasteiger partial charge < -0.3 is 10.2 Å². The van der Waals surface area contributed by atoms with Gasteiger partial charge in [-0.25, -0.2) is 0 Å². The molecular weight excluding hydrogens is 312 g/mol. The predicted molar refractivity (Wildman–Crippen MR) is 103 cm³/mol. The molecule has 0 aromatic heterocycles. The number of anilines is 2. The van der Waals surface area contributed by atoms with Gasteiger partial charge in [0.05, 0.1) is 0 Å². The summed E-state index contributed by atoms with van der Waals surface area (Å²) in [6, 6.07) is 13.7. The maximum absolute atomic E-state index is 12.2. The molecule has 0 unspecified atom stereocenters. The van der Waals surface area contributed by atoms with Gasteiger partial charge in [-0.15, -0.1) is 0 Å². The van der Waals surface area contributed by atoms with Crippen molar-refractivity contribution < 1.29 is 9.59 Å². The van der Waals surface area contributed by atoms with Crippen LogP contribution in [0, 0.1) is 13.8 Å². The molecule has 0 radical (unpaired) electrons. The third kappa shape index (κ3) is 5.18. The molecule has 0 aliphatic carbocycles. The van der Waals surface area contributed by atoms with E-state index in [4.69, 9.17) is 0 Å². The second kappa shape index (κ2) is 8.47. The number of hydrogen-bond donors (Lipinski definition) is 1. The summed E-state index contributed by atoms with van der Waals surface area (Å²) in [6.07, 6.45) is 1.21. The van der Waals surface area contributed by atoms with Crippen LogP contribution in [0.1, 0.15) is 37.0 Å². The Labute approximate surface area is 149 Å². The Morgan fingerprint density at radius 2 is 1.68 bits per heavy atom. The van der Waals surface area contributed by atoms with Crippen molar-refractivity contribution >= 4 is 23.2 Å². The summed E-state index contributed by atoms with van der Waals surface area (Å²) in [6.45, 7) is 8.03. The molecule has 1 N–H and O–H groups in total. The van der Waals surface area contributed by atoms with E-state index >= 15 is 0 Å². The molecule has 0 aliphatic rings. The van der Waals surface area contributed by atoms with Gasteiger partial charge in [-0.3, -0.25) is 9.59 Å². The first-order valence-electron chi connectivity index (χ1n) is 8.65. The van der Waals surface area contributed by atoms with E-state index in [9.17, 15) is 9.59 Å².